The number of carboxylic acid groups (broad SMARTS) is 1. The molecule has 9 heteroatoms. The summed E-state index contributed by atoms with van der Waals surface area (Å²) in [6.07, 6.45) is 1.50. The molecule has 0 fully saturated rings. The van der Waals surface area contributed by atoms with Gasteiger partial charge in [-0.1, -0.05) is 37.6 Å². The molecule has 1 heterocycles. The van der Waals surface area contributed by atoms with E-state index in [9.17, 15) is 9.59 Å². The van der Waals surface area contributed by atoms with Crippen LogP contribution in [0.5, 0.6) is 11.5 Å². The summed E-state index contributed by atoms with van der Waals surface area (Å²) < 4.78 is 12.3. The molecule has 0 bridgehead atoms. The van der Waals surface area contributed by atoms with Crippen molar-refractivity contribution < 1.29 is 19.4 Å². The number of carbonyl (C=O) groups is 1. The molecule has 0 spiro atoms. The summed E-state index contributed by atoms with van der Waals surface area (Å²) in [5.41, 5.74) is 3.53. The average molecular weight is 534 g/mol. The zero-order valence-electron chi connectivity index (χ0n) is 21.6. The van der Waals surface area contributed by atoms with Crippen molar-refractivity contribution >= 4 is 34.7 Å². The van der Waals surface area contributed by atoms with Gasteiger partial charge in [-0.2, -0.15) is 9.78 Å². The van der Waals surface area contributed by atoms with Gasteiger partial charge in [0.1, 0.15) is 11.5 Å². The predicted molar refractivity (Wildman–Crippen MR) is 149 cm³/mol. The van der Waals surface area contributed by atoms with E-state index in [0.29, 0.717) is 28.9 Å². The number of hydrogen-bond donors (Lipinski definition) is 1. The molecule has 0 saturated carbocycles. The molecule has 0 aliphatic rings. The predicted octanol–water partition coefficient (Wildman–Crippen LogP) is 5.89. The van der Waals surface area contributed by atoms with E-state index in [1.54, 1.807) is 36.4 Å². The second kappa shape index (κ2) is 11.5. The van der Waals surface area contributed by atoms with Gasteiger partial charge in [-0.3, -0.25) is 4.79 Å². The third kappa shape index (κ3) is 5.70. The van der Waals surface area contributed by atoms with Crippen molar-refractivity contribution in [2.24, 2.45) is 5.10 Å². The number of benzene rings is 3. The van der Waals surface area contributed by atoms with Crippen LogP contribution in [0, 0.1) is 6.92 Å². The van der Waals surface area contributed by atoms with Crippen LogP contribution in [0.1, 0.15) is 43.4 Å². The maximum absolute atomic E-state index is 13.6. The van der Waals surface area contributed by atoms with Crippen LogP contribution >= 0.6 is 11.6 Å². The van der Waals surface area contributed by atoms with Crippen molar-refractivity contribution in [3.8, 4) is 22.9 Å². The lowest BCUT2D eigenvalue weighted by molar-refractivity contribution is -0.139. The van der Waals surface area contributed by atoms with Crippen LogP contribution in [-0.4, -0.2) is 40.2 Å². The number of aromatic nitrogens is 2. The normalized spacial score (nSPS) is 11.4. The molecule has 4 aromatic rings. The van der Waals surface area contributed by atoms with Gasteiger partial charge in [0.05, 0.1) is 28.7 Å². The second-order valence-electron chi connectivity index (χ2n) is 8.98. The molecule has 0 unspecified atom stereocenters. The fraction of sp³-hybridized carbons (Fsp3) is 0.241. The number of hydrogen-bond acceptors (Lipinski definition) is 6. The van der Waals surface area contributed by atoms with Gasteiger partial charge in [-0.25, -0.2) is 9.78 Å². The third-order valence-corrected chi connectivity index (χ3v) is 6.20. The van der Waals surface area contributed by atoms with E-state index in [1.165, 1.54) is 10.9 Å². The Morgan fingerprint density at radius 1 is 1.13 bits per heavy atom. The average Bonchev–Trinajstić information content (AvgIpc) is 2.87. The lowest BCUT2D eigenvalue weighted by Gasteiger charge is -2.18. The highest BCUT2D eigenvalue weighted by molar-refractivity contribution is 6.32. The number of carboxylic acids is 1. The maximum atomic E-state index is 13.6. The van der Waals surface area contributed by atoms with Gasteiger partial charge in [0.15, 0.2) is 12.4 Å². The van der Waals surface area contributed by atoms with Crippen LogP contribution in [-0.2, 0) is 4.79 Å². The van der Waals surface area contributed by atoms with Crippen LogP contribution < -0.4 is 15.0 Å². The zero-order chi connectivity index (χ0) is 27.4. The Bertz CT molecular complexity index is 1590. The quantitative estimate of drug-likeness (QED) is 0.269. The number of aryl methyl sites for hydroxylation is 1. The third-order valence-electron chi connectivity index (χ3n) is 5.90. The van der Waals surface area contributed by atoms with Crippen molar-refractivity contribution in [3.63, 3.8) is 0 Å². The number of halogens is 1. The summed E-state index contributed by atoms with van der Waals surface area (Å²) >= 11 is 6.27. The first-order valence-electron chi connectivity index (χ1n) is 12.2. The zero-order valence-corrected chi connectivity index (χ0v) is 22.3. The molecule has 0 aliphatic heterocycles. The minimum absolute atomic E-state index is 0.184. The van der Waals surface area contributed by atoms with E-state index < -0.39 is 12.6 Å². The topological polar surface area (TPSA) is 103 Å². The van der Waals surface area contributed by atoms with Gasteiger partial charge in [0.25, 0.3) is 5.56 Å². The van der Waals surface area contributed by atoms with Crippen molar-refractivity contribution in [2.75, 3.05) is 13.2 Å². The number of aliphatic carboxylic acids is 1. The summed E-state index contributed by atoms with van der Waals surface area (Å²) in [6, 6.07) is 15.9. The van der Waals surface area contributed by atoms with Crippen LogP contribution in [0.4, 0.5) is 0 Å². The molecule has 1 aromatic heterocycles. The van der Waals surface area contributed by atoms with E-state index >= 15 is 0 Å². The number of rotatable bonds is 9. The number of para-hydroxylation sites is 1. The molecular formula is C29H28ClN3O5. The molecule has 4 rings (SSSR count). The first kappa shape index (κ1) is 26.9. The van der Waals surface area contributed by atoms with E-state index in [1.807, 2.05) is 32.0 Å². The van der Waals surface area contributed by atoms with Gasteiger partial charge in [0.2, 0.25) is 0 Å². The fourth-order valence-electron chi connectivity index (χ4n) is 4.05. The standard InChI is InChI=1S/C29H28ClN3O5/c1-5-37-26-12-18(4)22(14-21(26)17(2)3)28-32-24-9-7-6-8-20(24)29(36)33(28)31-15-19-10-11-25(23(30)13-19)38-16-27(34)35/h6-15,17H,5,16H2,1-4H3,(H,34,35). The first-order valence-corrected chi connectivity index (χ1v) is 12.5. The van der Waals surface area contributed by atoms with E-state index in [-0.39, 0.29) is 22.2 Å². The summed E-state index contributed by atoms with van der Waals surface area (Å²) in [6.45, 7) is 8.11. The number of fused-ring (bicyclic) bond motifs is 1. The summed E-state index contributed by atoms with van der Waals surface area (Å²) in [5, 5.41) is 14.0. The van der Waals surface area contributed by atoms with E-state index in [4.69, 9.17) is 31.2 Å². The first-order chi connectivity index (χ1) is 18.2. The Labute approximate surface area is 225 Å². The Hall–Kier alpha value is -4.17. The number of ether oxygens (including phenoxy) is 2. The molecule has 38 heavy (non-hydrogen) atoms. The van der Waals surface area contributed by atoms with Crippen molar-refractivity contribution in [1.29, 1.82) is 0 Å². The highest BCUT2D eigenvalue weighted by atomic mass is 35.5. The largest absolute Gasteiger partial charge is 0.494 e. The van der Waals surface area contributed by atoms with Crippen LogP contribution in [0.3, 0.4) is 0 Å². The molecule has 8 nitrogen and oxygen atoms in total. The Balaban J connectivity index is 1.86. The highest BCUT2D eigenvalue weighted by Crippen LogP contribution is 2.34. The Morgan fingerprint density at radius 2 is 1.89 bits per heavy atom. The molecule has 0 amide bonds. The number of nitrogens with zero attached hydrogens (tertiary/aromatic N) is 3. The summed E-state index contributed by atoms with van der Waals surface area (Å²) in [5.74, 6) is 0.529. The summed E-state index contributed by atoms with van der Waals surface area (Å²) in [4.78, 5) is 29.2. The van der Waals surface area contributed by atoms with Crippen molar-refractivity contribution in [2.45, 2.75) is 33.6 Å². The molecule has 0 saturated heterocycles. The van der Waals surface area contributed by atoms with Crippen LogP contribution in [0.25, 0.3) is 22.3 Å². The Morgan fingerprint density at radius 3 is 2.58 bits per heavy atom. The van der Waals surface area contributed by atoms with Crippen LogP contribution in [0.15, 0.2) is 64.5 Å². The molecular weight excluding hydrogens is 506 g/mol. The lowest BCUT2D eigenvalue weighted by atomic mass is 9.96. The molecule has 3 aromatic carbocycles. The monoisotopic (exact) mass is 533 g/mol. The molecule has 196 valence electrons. The minimum atomic E-state index is -1.10. The van der Waals surface area contributed by atoms with Gasteiger partial charge < -0.3 is 14.6 Å². The molecule has 1 N–H and O–H groups in total. The fourth-order valence-corrected chi connectivity index (χ4v) is 4.30. The second-order valence-corrected chi connectivity index (χ2v) is 9.39. The van der Waals surface area contributed by atoms with E-state index in [0.717, 1.165) is 22.4 Å². The molecule has 0 aliphatic carbocycles. The smallest absolute Gasteiger partial charge is 0.341 e. The van der Waals surface area contributed by atoms with Gasteiger partial charge in [-0.05, 0) is 78.9 Å². The molecule has 0 radical (unpaired) electrons. The maximum Gasteiger partial charge on any atom is 0.341 e. The molecule has 0 atom stereocenters. The van der Waals surface area contributed by atoms with Crippen molar-refractivity contribution in [1.82, 2.24) is 9.66 Å². The SMILES string of the molecule is CCOc1cc(C)c(-c2nc3ccccc3c(=O)n2N=Cc2ccc(OCC(=O)O)c(Cl)c2)cc1C(C)C. The van der Waals surface area contributed by atoms with Gasteiger partial charge in [-0.15, -0.1) is 0 Å². The van der Waals surface area contributed by atoms with E-state index in [2.05, 4.69) is 18.9 Å². The van der Waals surface area contributed by atoms with Crippen molar-refractivity contribution in [3.05, 3.63) is 86.7 Å². The van der Waals surface area contributed by atoms with Gasteiger partial charge >= 0.3 is 5.97 Å². The lowest BCUT2D eigenvalue weighted by Crippen LogP contribution is -2.21. The minimum Gasteiger partial charge on any atom is -0.494 e. The van der Waals surface area contributed by atoms with Crippen LogP contribution in [0.2, 0.25) is 5.02 Å². The highest BCUT2D eigenvalue weighted by Gasteiger charge is 2.18. The Kier molecular flexibility index (Phi) is 8.12. The summed E-state index contributed by atoms with van der Waals surface area (Å²) in [7, 11) is 0. The van der Waals surface area contributed by atoms with Gasteiger partial charge in [0, 0.05) is 5.56 Å².